The summed E-state index contributed by atoms with van der Waals surface area (Å²) in [6, 6.07) is 7.19. The Hall–Kier alpha value is -2.67. The Morgan fingerprint density at radius 3 is 3.00 bits per heavy atom. The van der Waals surface area contributed by atoms with Gasteiger partial charge < -0.3 is 14.2 Å². The molecule has 1 aliphatic heterocycles. The van der Waals surface area contributed by atoms with Gasteiger partial charge in [0.15, 0.2) is 0 Å². The molecule has 7 heteroatoms. The molecule has 0 spiro atoms. The first-order valence-electron chi connectivity index (χ1n) is 9.89. The molecule has 28 heavy (non-hydrogen) atoms. The molecule has 0 aromatic carbocycles. The Morgan fingerprint density at radius 2 is 2.21 bits per heavy atom. The quantitative estimate of drug-likeness (QED) is 0.636. The summed E-state index contributed by atoms with van der Waals surface area (Å²) in [4.78, 5) is 32.9. The van der Waals surface area contributed by atoms with E-state index in [1.807, 2.05) is 15.5 Å². The lowest BCUT2D eigenvalue weighted by Crippen LogP contribution is -2.40. The maximum Gasteiger partial charge on any atom is 0.270 e. The van der Waals surface area contributed by atoms with Gasteiger partial charge in [-0.3, -0.25) is 14.0 Å². The number of fused-ring (bicyclic) bond motifs is 2. The molecule has 4 heterocycles. The summed E-state index contributed by atoms with van der Waals surface area (Å²) in [6.07, 6.45) is 4.61. The SMILES string of the molecule is COCCCn1c(C(=O)N2CCC[C@H](C)C2)cc2c(=O)n3ccccc3nc21. The van der Waals surface area contributed by atoms with E-state index < -0.39 is 0 Å². The number of ether oxygens (including phenoxy) is 1. The molecule has 3 aromatic rings. The first kappa shape index (κ1) is 18.7. The normalized spacial score (nSPS) is 17.5. The van der Waals surface area contributed by atoms with E-state index in [-0.39, 0.29) is 11.5 Å². The van der Waals surface area contributed by atoms with Crippen molar-refractivity contribution in [2.75, 3.05) is 26.8 Å². The number of methoxy groups -OCH3 is 1. The van der Waals surface area contributed by atoms with E-state index in [4.69, 9.17) is 9.72 Å². The molecule has 7 nitrogen and oxygen atoms in total. The largest absolute Gasteiger partial charge is 0.385 e. The van der Waals surface area contributed by atoms with Crippen molar-refractivity contribution in [3.05, 3.63) is 46.5 Å². The Morgan fingerprint density at radius 1 is 1.36 bits per heavy atom. The monoisotopic (exact) mass is 382 g/mol. The fourth-order valence-corrected chi connectivity index (χ4v) is 4.06. The number of amides is 1. The van der Waals surface area contributed by atoms with Crippen molar-refractivity contribution in [2.24, 2.45) is 5.92 Å². The van der Waals surface area contributed by atoms with Crippen LogP contribution in [0.3, 0.4) is 0 Å². The molecule has 1 atom stereocenters. The van der Waals surface area contributed by atoms with Crippen LogP contribution >= 0.6 is 0 Å². The highest BCUT2D eigenvalue weighted by Crippen LogP contribution is 2.22. The highest BCUT2D eigenvalue weighted by Gasteiger charge is 2.26. The molecular formula is C21H26N4O3. The number of carbonyl (C=O) groups is 1. The van der Waals surface area contributed by atoms with E-state index in [0.29, 0.717) is 41.4 Å². The molecule has 1 saturated heterocycles. The number of piperidine rings is 1. The van der Waals surface area contributed by atoms with Gasteiger partial charge in [0.1, 0.15) is 17.0 Å². The highest BCUT2D eigenvalue weighted by atomic mass is 16.5. The molecule has 1 fully saturated rings. The smallest absolute Gasteiger partial charge is 0.270 e. The van der Waals surface area contributed by atoms with Gasteiger partial charge in [0.25, 0.3) is 11.5 Å². The molecule has 0 aliphatic carbocycles. The molecule has 0 saturated carbocycles. The van der Waals surface area contributed by atoms with Gasteiger partial charge >= 0.3 is 0 Å². The number of hydrogen-bond acceptors (Lipinski definition) is 4. The molecule has 0 unspecified atom stereocenters. The summed E-state index contributed by atoms with van der Waals surface area (Å²) < 4.78 is 8.60. The summed E-state index contributed by atoms with van der Waals surface area (Å²) in [5, 5.41) is 0.481. The van der Waals surface area contributed by atoms with Crippen LogP contribution in [0.15, 0.2) is 35.3 Å². The third-order valence-electron chi connectivity index (χ3n) is 5.47. The maximum atomic E-state index is 13.3. The molecule has 1 aliphatic rings. The zero-order valence-electron chi connectivity index (χ0n) is 16.4. The number of aryl methyl sites for hydroxylation is 1. The Kier molecular flexibility index (Phi) is 5.17. The van der Waals surface area contributed by atoms with Crippen molar-refractivity contribution in [3.8, 4) is 0 Å². The number of likely N-dealkylation sites (tertiary alicyclic amines) is 1. The highest BCUT2D eigenvalue weighted by molar-refractivity contribution is 5.98. The van der Waals surface area contributed by atoms with E-state index in [1.165, 1.54) is 4.40 Å². The average Bonchev–Trinajstić information content (AvgIpc) is 3.07. The van der Waals surface area contributed by atoms with E-state index in [0.717, 1.165) is 32.4 Å². The third-order valence-corrected chi connectivity index (χ3v) is 5.47. The summed E-state index contributed by atoms with van der Waals surface area (Å²) in [5.74, 6) is 0.478. The fraction of sp³-hybridized carbons (Fsp3) is 0.476. The van der Waals surface area contributed by atoms with E-state index in [2.05, 4.69) is 6.92 Å². The lowest BCUT2D eigenvalue weighted by Gasteiger charge is -2.31. The molecule has 0 N–H and O–H groups in total. The summed E-state index contributed by atoms with van der Waals surface area (Å²) in [7, 11) is 1.66. The lowest BCUT2D eigenvalue weighted by atomic mass is 10.00. The van der Waals surface area contributed by atoms with Gasteiger partial charge in [0.2, 0.25) is 0 Å². The lowest BCUT2D eigenvalue weighted by molar-refractivity contribution is 0.0671. The molecular weight excluding hydrogens is 356 g/mol. The predicted molar refractivity (Wildman–Crippen MR) is 108 cm³/mol. The van der Waals surface area contributed by atoms with Crippen molar-refractivity contribution in [2.45, 2.75) is 32.7 Å². The summed E-state index contributed by atoms with van der Waals surface area (Å²) in [6.45, 7) is 4.86. The van der Waals surface area contributed by atoms with Gasteiger partial charge in [-0.05, 0) is 43.4 Å². The van der Waals surface area contributed by atoms with Crippen molar-refractivity contribution in [1.29, 1.82) is 0 Å². The average molecular weight is 382 g/mol. The van der Waals surface area contributed by atoms with E-state index in [9.17, 15) is 9.59 Å². The number of nitrogens with zero attached hydrogens (tertiary/aromatic N) is 4. The van der Waals surface area contributed by atoms with Crippen LogP contribution in [0.2, 0.25) is 0 Å². The van der Waals surface area contributed by atoms with E-state index >= 15 is 0 Å². The second kappa shape index (κ2) is 7.75. The molecule has 1 amide bonds. The van der Waals surface area contributed by atoms with Crippen LogP contribution in [0.25, 0.3) is 16.7 Å². The van der Waals surface area contributed by atoms with Gasteiger partial charge in [-0.25, -0.2) is 4.98 Å². The number of aromatic nitrogens is 3. The first-order chi connectivity index (χ1) is 13.6. The minimum absolute atomic E-state index is 0.0181. The molecule has 4 rings (SSSR count). The topological polar surface area (TPSA) is 68.8 Å². The Labute approximate surface area is 163 Å². The number of rotatable bonds is 5. The van der Waals surface area contributed by atoms with Crippen molar-refractivity contribution >= 4 is 22.6 Å². The standard InChI is InChI=1S/C21H26N4O3/c1-15-7-5-9-23(14-15)21(27)17-13-16-19(24(17)11-6-12-28-2)22-18-8-3-4-10-25(18)20(16)26/h3-4,8,10,13,15H,5-7,9,11-12,14H2,1-2H3/t15-/m0/s1. The number of hydrogen-bond donors (Lipinski definition) is 0. The van der Waals surface area contributed by atoms with E-state index in [1.54, 1.807) is 31.5 Å². The summed E-state index contributed by atoms with van der Waals surface area (Å²) >= 11 is 0. The Bertz CT molecular complexity index is 1070. The maximum absolute atomic E-state index is 13.3. The minimum atomic E-state index is -0.146. The summed E-state index contributed by atoms with van der Waals surface area (Å²) in [5.41, 5.74) is 1.55. The van der Waals surface area contributed by atoms with Crippen LogP contribution in [0.5, 0.6) is 0 Å². The van der Waals surface area contributed by atoms with Gasteiger partial charge in [0.05, 0.1) is 5.39 Å². The van der Waals surface area contributed by atoms with Crippen molar-refractivity contribution < 1.29 is 9.53 Å². The number of carbonyl (C=O) groups excluding carboxylic acids is 1. The van der Waals surface area contributed by atoms with Gasteiger partial charge in [0, 0.05) is 39.5 Å². The number of pyridine rings is 1. The van der Waals surface area contributed by atoms with Crippen LogP contribution in [-0.2, 0) is 11.3 Å². The second-order valence-corrected chi connectivity index (χ2v) is 7.61. The van der Waals surface area contributed by atoms with Gasteiger partial charge in [-0.1, -0.05) is 13.0 Å². The molecule has 148 valence electrons. The molecule has 3 aromatic heterocycles. The fourth-order valence-electron chi connectivity index (χ4n) is 4.06. The van der Waals surface area contributed by atoms with Crippen molar-refractivity contribution in [1.82, 2.24) is 18.9 Å². The first-order valence-corrected chi connectivity index (χ1v) is 9.89. The van der Waals surface area contributed by atoms with Crippen molar-refractivity contribution in [3.63, 3.8) is 0 Å². The Balaban J connectivity index is 1.85. The van der Waals surface area contributed by atoms with Crippen LogP contribution in [0, 0.1) is 5.92 Å². The zero-order valence-corrected chi connectivity index (χ0v) is 16.4. The van der Waals surface area contributed by atoms with Crippen LogP contribution in [0.1, 0.15) is 36.7 Å². The second-order valence-electron chi connectivity index (χ2n) is 7.61. The molecule has 0 bridgehead atoms. The third kappa shape index (κ3) is 3.30. The van der Waals surface area contributed by atoms with Crippen LogP contribution < -0.4 is 5.56 Å². The minimum Gasteiger partial charge on any atom is -0.385 e. The zero-order chi connectivity index (χ0) is 19.7. The molecule has 0 radical (unpaired) electrons. The predicted octanol–water partition coefficient (Wildman–Crippen LogP) is 2.56. The van der Waals surface area contributed by atoms with Gasteiger partial charge in [-0.15, -0.1) is 0 Å². The van der Waals surface area contributed by atoms with Gasteiger partial charge in [-0.2, -0.15) is 0 Å². The van der Waals surface area contributed by atoms with Crippen LogP contribution in [0.4, 0.5) is 0 Å². The van der Waals surface area contributed by atoms with Crippen LogP contribution in [-0.4, -0.2) is 51.6 Å².